The molecule has 1 N–H and O–H groups in total. The molecule has 0 unspecified atom stereocenters. The molecule has 0 saturated heterocycles. The molecule has 1 amide bonds. The Balaban J connectivity index is 2.36. The zero-order valence-electron chi connectivity index (χ0n) is 14.4. The lowest BCUT2D eigenvalue weighted by Crippen LogP contribution is -2.44. The highest BCUT2D eigenvalue weighted by Crippen LogP contribution is 2.32. The summed E-state index contributed by atoms with van der Waals surface area (Å²) in [5, 5.41) is 10.0. The van der Waals surface area contributed by atoms with Gasteiger partial charge in [-0.2, -0.15) is 0 Å². The zero-order valence-corrected chi connectivity index (χ0v) is 15.3. The Bertz CT molecular complexity index is 730. The van der Waals surface area contributed by atoms with E-state index in [4.69, 9.17) is 5.41 Å². The average molecular weight is 328 g/mol. The Labute approximate surface area is 142 Å². The Morgan fingerprint density at radius 3 is 2.57 bits per heavy atom. The summed E-state index contributed by atoms with van der Waals surface area (Å²) >= 11 is 1.72. The van der Waals surface area contributed by atoms with Gasteiger partial charge in [0, 0.05) is 18.3 Å². The van der Waals surface area contributed by atoms with Crippen molar-refractivity contribution in [2.45, 2.75) is 39.5 Å². The van der Waals surface area contributed by atoms with Crippen LogP contribution in [0, 0.1) is 12.3 Å². The third-order valence-corrected chi connectivity index (χ3v) is 5.28. The molecule has 4 heteroatoms. The van der Waals surface area contributed by atoms with Crippen LogP contribution in [-0.4, -0.2) is 23.7 Å². The molecule has 23 heavy (non-hydrogen) atoms. The number of nitrogens with zero attached hydrogens (tertiary/aromatic N) is 1. The van der Waals surface area contributed by atoms with Crippen LogP contribution in [0.2, 0.25) is 0 Å². The Kier molecular flexibility index (Phi) is 5.05. The number of hydrogen-bond acceptors (Lipinski definition) is 3. The average Bonchev–Trinajstić information content (AvgIpc) is 2.99. The van der Waals surface area contributed by atoms with E-state index in [1.54, 1.807) is 18.4 Å². The molecule has 1 aromatic heterocycles. The van der Waals surface area contributed by atoms with Crippen LogP contribution in [0.25, 0.3) is 10.4 Å². The first-order valence-electron chi connectivity index (χ1n) is 7.79. The number of carbonyl (C=O) groups excluding carboxylic acids is 1. The van der Waals surface area contributed by atoms with Gasteiger partial charge in [-0.3, -0.25) is 10.2 Å². The van der Waals surface area contributed by atoms with Gasteiger partial charge in [-0.15, -0.1) is 11.3 Å². The summed E-state index contributed by atoms with van der Waals surface area (Å²) < 4.78 is 0. The second kappa shape index (κ2) is 6.67. The molecule has 2 aromatic rings. The van der Waals surface area contributed by atoms with Gasteiger partial charge in [0.05, 0.1) is 5.41 Å². The van der Waals surface area contributed by atoms with E-state index in [-0.39, 0.29) is 5.91 Å². The molecule has 3 nitrogen and oxygen atoms in total. The molecule has 0 fully saturated rings. The van der Waals surface area contributed by atoms with Gasteiger partial charge in [0.1, 0.15) is 5.84 Å². The van der Waals surface area contributed by atoms with Crippen molar-refractivity contribution < 1.29 is 4.79 Å². The SMILES string of the molecule is CCC(=N)N(C)C(=O)C(C)(C)c1cccc(-c2cc(C)cs2)c1. The minimum absolute atomic E-state index is 0.0520. The van der Waals surface area contributed by atoms with Gasteiger partial charge in [0.15, 0.2) is 0 Å². The number of thiophene rings is 1. The molecule has 2 rings (SSSR count). The number of aryl methyl sites for hydroxylation is 1. The van der Waals surface area contributed by atoms with Crippen LogP contribution in [0.15, 0.2) is 35.7 Å². The summed E-state index contributed by atoms with van der Waals surface area (Å²) in [5.41, 5.74) is 2.69. The molecule has 1 heterocycles. The molecule has 1 aromatic carbocycles. The van der Waals surface area contributed by atoms with Gasteiger partial charge < -0.3 is 4.90 Å². The zero-order chi connectivity index (χ0) is 17.2. The standard InChI is InChI=1S/C19H24N2OS/c1-6-17(20)21(5)18(22)19(3,4)15-9-7-8-14(11-15)16-10-13(2)12-23-16/h7-12,20H,6H2,1-5H3. The summed E-state index contributed by atoms with van der Waals surface area (Å²) in [7, 11) is 1.68. The fourth-order valence-electron chi connectivity index (χ4n) is 2.55. The maximum Gasteiger partial charge on any atom is 0.237 e. The number of likely N-dealkylation sites (N-methyl/N-ethyl adjacent to an activating group) is 1. The first kappa shape index (κ1) is 17.4. The molecule has 122 valence electrons. The number of rotatable bonds is 4. The van der Waals surface area contributed by atoms with Crippen LogP contribution < -0.4 is 0 Å². The maximum absolute atomic E-state index is 12.8. The molecular formula is C19H24N2OS. The maximum atomic E-state index is 12.8. The Morgan fingerprint density at radius 1 is 1.30 bits per heavy atom. The highest BCUT2D eigenvalue weighted by atomic mass is 32.1. The lowest BCUT2D eigenvalue weighted by molar-refractivity contribution is -0.131. The van der Waals surface area contributed by atoms with Crippen LogP contribution in [0.3, 0.4) is 0 Å². The monoisotopic (exact) mass is 328 g/mol. The molecule has 0 aliphatic heterocycles. The summed E-state index contributed by atoms with van der Waals surface area (Å²) in [6.45, 7) is 7.82. The first-order valence-corrected chi connectivity index (χ1v) is 8.67. The third kappa shape index (κ3) is 3.53. The van der Waals surface area contributed by atoms with Crippen LogP contribution in [0.1, 0.15) is 38.3 Å². The minimum atomic E-state index is -0.668. The molecule has 0 atom stereocenters. The molecule has 0 radical (unpaired) electrons. The smallest absolute Gasteiger partial charge is 0.237 e. The Hall–Kier alpha value is -1.94. The van der Waals surface area contributed by atoms with E-state index in [0.29, 0.717) is 12.3 Å². The predicted molar refractivity (Wildman–Crippen MR) is 98.3 cm³/mol. The second-order valence-corrected chi connectivity index (χ2v) is 7.27. The van der Waals surface area contributed by atoms with Gasteiger partial charge in [-0.1, -0.05) is 25.1 Å². The lowest BCUT2D eigenvalue weighted by Gasteiger charge is -2.30. The van der Waals surface area contributed by atoms with Gasteiger partial charge in [0.2, 0.25) is 5.91 Å². The summed E-state index contributed by atoms with van der Waals surface area (Å²) in [6, 6.07) is 10.3. The topological polar surface area (TPSA) is 44.2 Å². The van der Waals surface area contributed by atoms with E-state index in [2.05, 4.69) is 30.5 Å². The molecular weight excluding hydrogens is 304 g/mol. The molecule has 0 aliphatic carbocycles. The molecule has 0 aliphatic rings. The van der Waals surface area contributed by atoms with E-state index in [1.165, 1.54) is 15.3 Å². The predicted octanol–water partition coefficient (Wildman–Crippen LogP) is 4.85. The number of amidine groups is 1. The number of benzene rings is 1. The van der Waals surface area contributed by atoms with Crippen LogP contribution in [-0.2, 0) is 10.2 Å². The summed E-state index contributed by atoms with van der Waals surface area (Å²) in [4.78, 5) is 15.5. The van der Waals surface area contributed by atoms with Crippen molar-refractivity contribution in [3.8, 4) is 10.4 Å². The number of carbonyl (C=O) groups is 1. The first-order chi connectivity index (χ1) is 10.8. The fraction of sp³-hybridized carbons (Fsp3) is 0.368. The van der Waals surface area contributed by atoms with E-state index in [9.17, 15) is 4.79 Å². The highest BCUT2D eigenvalue weighted by molar-refractivity contribution is 7.13. The van der Waals surface area contributed by atoms with Crippen molar-refractivity contribution in [2.75, 3.05) is 7.05 Å². The lowest BCUT2D eigenvalue weighted by atomic mass is 9.82. The van der Waals surface area contributed by atoms with Crippen molar-refractivity contribution in [3.63, 3.8) is 0 Å². The van der Waals surface area contributed by atoms with Gasteiger partial charge >= 0.3 is 0 Å². The summed E-state index contributed by atoms with van der Waals surface area (Å²) in [6.07, 6.45) is 0.548. The molecule has 0 bridgehead atoms. The van der Waals surface area contributed by atoms with Gasteiger partial charge in [0.25, 0.3) is 0 Å². The normalized spacial score (nSPS) is 11.3. The van der Waals surface area contributed by atoms with E-state index in [1.807, 2.05) is 32.9 Å². The van der Waals surface area contributed by atoms with Crippen molar-refractivity contribution in [1.82, 2.24) is 4.90 Å². The third-order valence-electron chi connectivity index (χ3n) is 4.18. The fourth-order valence-corrected chi connectivity index (χ4v) is 3.44. The second-order valence-electron chi connectivity index (χ2n) is 6.36. The molecule has 0 saturated carbocycles. The number of hydrogen-bond donors (Lipinski definition) is 1. The van der Waals surface area contributed by atoms with Crippen molar-refractivity contribution in [1.29, 1.82) is 5.41 Å². The quantitative estimate of drug-likeness (QED) is 0.633. The number of nitrogens with one attached hydrogen (secondary N) is 1. The van der Waals surface area contributed by atoms with E-state index in [0.717, 1.165) is 11.1 Å². The van der Waals surface area contributed by atoms with Gasteiger partial charge in [-0.05, 0) is 55.0 Å². The summed E-state index contributed by atoms with van der Waals surface area (Å²) in [5.74, 6) is 0.289. The molecule has 0 spiro atoms. The van der Waals surface area contributed by atoms with Crippen LogP contribution >= 0.6 is 11.3 Å². The highest BCUT2D eigenvalue weighted by Gasteiger charge is 2.33. The van der Waals surface area contributed by atoms with E-state index >= 15 is 0 Å². The Morgan fingerprint density at radius 2 is 2.00 bits per heavy atom. The van der Waals surface area contributed by atoms with Crippen LogP contribution in [0.5, 0.6) is 0 Å². The number of amides is 1. The van der Waals surface area contributed by atoms with Crippen molar-refractivity contribution in [2.24, 2.45) is 0 Å². The largest absolute Gasteiger partial charge is 0.303 e. The van der Waals surface area contributed by atoms with E-state index < -0.39 is 5.41 Å². The van der Waals surface area contributed by atoms with Crippen LogP contribution in [0.4, 0.5) is 0 Å². The van der Waals surface area contributed by atoms with Crippen molar-refractivity contribution >= 4 is 23.1 Å². The van der Waals surface area contributed by atoms with Crippen molar-refractivity contribution in [3.05, 3.63) is 46.8 Å². The minimum Gasteiger partial charge on any atom is -0.303 e. The van der Waals surface area contributed by atoms with Gasteiger partial charge in [-0.25, -0.2) is 0 Å².